The second-order valence-electron chi connectivity index (χ2n) is 5.98. The monoisotopic (exact) mass is 494 g/mol. The van der Waals surface area contributed by atoms with Crippen LogP contribution < -0.4 is 10.6 Å². The number of amides is 2. The number of nitro benzene ring substituents is 1. The summed E-state index contributed by atoms with van der Waals surface area (Å²) in [5, 5.41) is 16.9. The molecule has 0 fully saturated rings. The molecule has 11 heteroatoms. The molecule has 0 atom stereocenters. The normalized spacial score (nSPS) is 10.6. The van der Waals surface area contributed by atoms with Crippen molar-refractivity contribution in [3.63, 3.8) is 0 Å². The minimum Gasteiger partial charge on any atom is -0.351 e. The van der Waals surface area contributed by atoms with Crippen LogP contribution in [0.2, 0.25) is 0 Å². The highest BCUT2D eigenvalue weighted by Crippen LogP contribution is 2.35. The average Bonchev–Trinajstić information content (AvgIpc) is 3.26. The van der Waals surface area contributed by atoms with Gasteiger partial charge in [0.1, 0.15) is 0 Å². The van der Waals surface area contributed by atoms with E-state index in [2.05, 4.69) is 31.5 Å². The molecule has 0 aliphatic rings. The Balaban J connectivity index is 1.77. The van der Waals surface area contributed by atoms with Gasteiger partial charge in [-0.05, 0) is 47.1 Å². The van der Waals surface area contributed by atoms with E-state index in [-0.39, 0.29) is 17.2 Å². The number of carbonyl (C=O) groups excluding carboxylic acids is 2. The van der Waals surface area contributed by atoms with E-state index in [0.29, 0.717) is 16.1 Å². The fourth-order valence-corrected chi connectivity index (χ4v) is 4.73. The molecule has 2 N–H and O–H groups in total. The third-order valence-corrected chi connectivity index (χ3v) is 6.48. The Morgan fingerprint density at radius 2 is 2.00 bits per heavy atom. The lowest BCUT2D eigenvalue weighted by atomic mass is 10.2. The Hall–Kier alpha value is -2.63. The van der Waals surface area contributed by atoms with E-state index in [0.717, 1.165) is 20.3 Å². The number of benzene rings is 1. The van der Waals surface area contributed by atoms with Crippen LogP contribution >= 0.6 is 38.6 Å². The maximum Gasteiger partial charge on any atom is 0.284 e. The first-order valence-electron chi connectivity index (χ1n) is 8.31. The molecule has 29 heavy (non-hydrogen) atoms. The fraction of sp³-hybridized carbons (Fsp3) is 0.167. The van der Waals surface area contributed by atoms with Crippen LogP contribution in [0.3, 0.4) is 0 Å². The van der Waals surface area contributed by atoms with E-state index in [1.54, 1.807) is 0 Å². The molecule has 2 aromatic heterocycles. The fourth-order valence-electron chi connectivity index (χ4n) is 2.45. The molecule has 8 nitrogen and oxygen atoms in total. The van der Waals surface area contributed by atoms with Gasteiger partial charge in [-0.1, -0.05) is 0 Å². The van der Waals surface area contributed by atoms with Gasteiger partial charge >= 0.3 is 0 Å². The van der Waals surface area contributed by atoms with Crippen LogP contribution in [0.25, 0.3) is 10.6 Å². The van der Waals surface area contributed by atoms with Crippen molar-refractivity contribution in [2.24, 2.45) is 0 Å². The van der Waals surface area contributed by atoms with Crippen LogP contribution in [0.1, 0.15) is 27.0 Å². The van der Waals surface area contributed by atoms with E-state index in [1.165, 1.54) is 47.8 Å². The van der Waals surface area contributed by atoms with Crippen molar-refractivity contribution < 1.29 is 14.5 Å². The summed E-state index contributed by atoms with van der Waals surface area (Å²) in [6, 6.07) is 8.03. The number of nitrogens with one attached hydrogen (secondary N) is 2. The number of anilines is 1. The number of thiazole rings is 1. The highest BCUT2D eigenvalue weighted by molar-refractivity contribution is 9.10. The van der Waals surface area contributed by atoms with E-state index < -0.39 is 10.8 Å². The zero-order valence-corrected chi connectivity index (χ0v) is 18.5. The molecule has 0 unspecified atom stereocenters. The van der Waals surface area contributed by atoms with Crippen LogP contribution in [-0.4, -0.2) is 21.7 Å². The van der Waals surface area contributed by atoms with Gasteiger partial charge in [0, 0.05) is 28.3 Å². The summed E-state index contributed by atoms with van der Waals surface area (Å²) >= 11 is 5.94. The number of aryl methyl sites for hydroxylation is 1. The van der Waals surface area contributed by atoms with Gasteiger partial charge in [0.05, 0.1) is 26.5 Å². The molecule has 0 radical (unpaired) electrons. The largest absolute Gasteiger partial charge is 0.351 e. The van der Waals surface area contributed by atoms with E-state index >= 15 is 0 Å². The molecule has 0 aliphatic heterocycles. The Morgan fingerprint density at radius 1 is 1.24 bits per heavy atom. The summed E-state index contributed by atoms with van der Waals surface area (Å²) in [4.78, 5) is 41.4. The maximum absolute atomic E-state index is 12.5. The number of thiophene rings is 1. The standard InChI is InChI=1S/C18H15BrN4O4S2/c1-9-16(15-6-4-12(29-15)8-20-10(2)24)21-18(28-9)22-17(25)11-3-5-13(19)14(7-11)23(26)27/h3-7H,8H2,1-2H3,(H,20,24)(H,21,22,25). The quantitative estimate of drug-likeness (QED) is 0.379. The van der Waals surface area contributed by atoms with Crippen molar-refractivity contribution in [3.05, 3.63) is 60.2 Å². The summed E-state index contributed by atoms with van der Waals surface area (Å²) in [6.07, 6.45) is 0. The number of halogens is 1. The zero-order chi connectivity index (χ0) is 21.1. The van der Waals surface area contributed by atoms with Gasteiger partial charge in [-0.3, -0.25) is 25.0 Å². The van der Waals surface area contributed by atoms with Crippen molar-refractivity contribution in [3.8, 4) is 10.6 Å². The van der Waals surface area contributed by atoms with Crippen LogP contribution in [0.4, 0.5) is 10.8 Å². The third-order valence-electron chi connectivity index (χ3n) is 3.83. The topological polar surface area (TPSA) is 114 Å². The van der Waals surface area contributed by atoms with Crippen molar-refractivity contribution >= 4 is 61.2 Å². The molecule has 0 aliphatic carbocycles. The molecular weight excluding hydrogens is 480 g/mol. The van der Waals surface area contributed by atoms with E-state index in [1.807, 2.05) is 19.1 Å². The van der Waals surface area contributed by atoms with Crippen LogP contribution in [-0.2, 0) is 11.3 Å². The summed E-state index contributed by atoms with van der Waals surface area (Å²) in [6.45, 7) is 3.82. The predicted molar refractivity (Wildman–Crippen MR) is 116 cm³/mol. The summed E-state index contributed by atoms with van der Waals surface area (Å²) in [5.74, 6) is -0.568. The Kier molecular flexibility index (Phi) is 6.40. The van der Waals surface area contributed by atoms with Crippen molar-refractivity contribution in [2.75, 3.05) is 5.32 Å². The number of hydrogen-bond donors (Lipinski definition) is 2. The van der Waals surface area contributed by atoms with E-state index in [9.17, 15) is 19.7 Å². The lowest BCUT2D eigenvalue weighted by Crippen LogP contribution is -2.17. The van der Waals surface area contributed by atoms with Crippen LogP contribution in [0, 0.1) is 17.0 Å². The molecular formula is C18H15BrN4O4S2. The molecule has 0 bridgehead atoms. The highest BCUT2D eigenvalue weighted by Gasteiger charge is 2.18. The number of nitro groups is 1. The lowest BCUT2D eigenvalue weighted by Gasteiger charge is -2.02. The molecule has 3 rings (SSSR count). The first-order valence-corrected chi connectivity index (χ1v) is 10.7. The Morgan fingerprint density at radius 3 is 2.69 bits per heavy atom. The van der Waals surface area contributed by atoms with Crippen molar-refractivity contribution in [1.29, 1.82) is 0 Å². The Labute approximate surface area is 182 Å². The smallest absolute Gasteiger partial charge is 0.284 e. The summed E-state index contributed by atoms with van der Waals surface area (Å²) in [7, 11) is 0. The van der Waals surface area contributed by atoms with Gasteiger partial charge in [0.15, 0.2) is 5.13 Å². The Bertz CT molecular complexity index is 1110. The first-order chi connectivity index (χ1) is 13.7. The molecule has 0 spiro atoms. The second kappa shape index (κ2) is 8.80. The summed E-state index contributed by atoms with van der Waals surface area (Å²) < 4.78 is 0.305. The van der Waals surface area contributed by atoms with Gasteiger partial charge in [0.25, 0.3) is 11.6 Å². The molecule has 1 aromatic carbocycles. The molecule has 0 saturated heterocycles. The predicted octanol–water partition coefficient (Wildman–Crippen LogP) is 4.74. The third kappa shape index (κ3) is 5.05. The molecule has 2 heterocycles. The maximum atomic E-state index is 12.5. The first kappa shape index (κ1) is 21.1. The van der Waals surface area contributed by atoms with E-state index in [4.69, 9.17) is 0 Å². The second-order valence-corrected chi connectivity index (χ2v) is 9.20. The minimum absolute atomic E-state index is 0.0945. The van der Waals surface area contributed by atoms with Gasteiger partial charge in [0.2, 0.25) is 5.91 Å². The summed E-state index contributed by atoms with van der Waals surface area (Å²) in [5.41, 5.74) is 0.744. The van der Waals surface area contributed by atoms with Crippen molar-refractivity contribution in [1.82, 2.24) is 10.3 Å². The van der Waals surface area contributed by atoms with Gasteiger partial charge in [-0.15, -0.1) is 22.7 Å². The van der Waals surface area contributed by atoms with Gasteiger partial charge < -0.3 is 5.32 Å². The number of nitrogens with zero attached hydrogens (tertiary/aromatic N) is 2. The van der Waals surface area contributed by atoms with Crippen LogP contribution in [0.5, 0.6) is 0 Å². The number of carbonyl (C=O) groups is 2. The molecule has 0 saturated carbocycles. The van der Waals surface area contributed by atoms with Gasteiger partial charge in [-0.2, -0.15) is 0 Å². The number of aromatic nitrogens is 1. The lowest BCUT2D eigenvalue weighted by molar-refractivity contribution is -0.385. The molecule has 3 aromatic rings. The van der Waals surface area contributed by atoms with Crippen LogP contribution in [0.15, 0.2) is 34.8 Å². The molecule has 150 valence electrons. The molecule has 2 amide bonds. The van der Waals surface area contributed by atoms with Gasteiger partial charge in [-0.25, -0.2) is 4.98 Å². The minimum atomic E-state index is -0.554. The SMILES string of the molecule is CC(=O)NCc1ccc(-c2nc(NC(=O)c3ccc(Br)c([N+](=O)[O-])c3)sc2C)s1. The number of rotatable bonds is 6. The average molecular weight is 495 g/mol. The highest BCUT2D eigenvalue weighted by atomic mass is 79.9. The van der Waals surface area contributed by atoms with Crippen molar-refractivity contribution in [2.45, 2.75) is 20.4 Å². The number of hydrogen-bond acceptors (Lipinski definition) is 7. The zero-order valence-electron chi connectivity index (χ0n) is 15.3.